The number of hydrogen-bond acceptors (Lipinski definition) is 5. The molecule has 4 aromatic rings. The van der Waals surface area contributed by atoms with Crippen LogP contribution in [-0.4, -0.2) is 37.6 Å². The summed E-state index contributed by atoms with van der Waals surface area (Å²) in [6.07, 6.45) is 0.752. The minimum Gasteiger partial charge on any atom is -0.479 e. The molecule has 186 valence electrons. The Balaban J connectivity index is 1.71. The van der Waals surface area contributed by atoms with E-state index < -0.39 is 12.1 Å². The minimum atomic E-state index is -1.02. The quantitative estimate of drug-likeness (QED) is 0.309. The maximum atomic E-state index is 13.3. The van der Waals surface area contributed by atoms with Gasteiger partial charge in [-0.25, -0.2) is 9.78 Å². The molecule has 0 aliphatic rings. The molecular formula is C27H27BrN4O4. The first-order valence-corrected chi connectivity index (χ1v) is 12.3. The number of carboxylic acid groups (broad SMARTS) is 1. The lowest BCUT2D eigenvalue weighted by molar-refractivity contribution is -0.144. The molecule has 0 saturated heterocycles. The monoisotopic (exact) mass is 550 g/mol. The topological polar surface area (TPSA) is 98.7 Å². The van der Waals surface area contributed by atoms with Crippen molar-refractivity contribution in [2.45, 2.75) is 46.6 Å². The van der Waals surface area contributed by atoms with E-state index in [-0.39, 0.29) is 11.5 Å². The van der Waals surface area contributed by atoms with Gasteiger partial charge in [0.2, 0.25) is 0 Å². The lowest BCUT2D eigenvalue weighted by Crippen LogP contribution is -2.23. The second-order valence-corrected chi connectivity index (χ2v) is 9.82. The number of hydrogen-bond donors (Lipinski definition) is 1. The van der Waals surface area contributed by atoms with Crippen LogP contribution in [0.5, 0.6) is 5.75 Å². The molecule has 9 heteroatoms. The Bertz CT molecular complexity index is 1530. The molecule has 36 heavy (non-hydrogen) atoms. The Hall–Kier alpha value is -3.72. The molecule has 0 aliphatic carbocycles. The number of halogens is 1. The van der Waals surface area contributed by atoms with Gasteiger partial charge in [0, 0.05) is 33.0 Å². The second kappa shape index (κ2) is 10.1. The van der Waals surface area contributed by atoms with E-state index in [0.717, 1.165) is 27.1 Å². The summed E-state index contributed by atoms with van der Waals surface area (Å²) in [4.78, 5) is 29.0. The van der Waals surface area contributed by atoms with Crippen LogP contribution < -0.4 is 10.3 Å². The van der Waals surface area contributed by atoms with Gasteiger partial charge in [-0.1, -0.05) is 29.8 Å². The normalized spacial score (nSPS) is 12.5. The van der Waals surface area contributed by atoms with Crippen molar-refractivity contribution < 1.29 is 14.6 Å². The highest BCUT2D eigenvalue weighted by Gasteiger charge is 2.16. The fourth-order valence-corrected chi connectivity index (χ4v) is 4.38. The standard InChI is InChI=1S/C27H27BrN4O4/c1-15(2)25-30-24-11-6-20(28)13-23(24)26(33)32(25)29-14-19-12-16(3)31(17(19)4)21-7-9-22(10-8-21)36-18(5)27(34)35/h6-15,18H,1-5H3,(H,34,35)/t18-/m1/s1. The number of aromatic nitrogens is 3. The van der Waals surface area contributed by atoms with Gasteiger partial charge in [0.25, 0.3) is 5.56 Å². The largest absolute Gasteiger partial charge is 0.479 e. The molecular weight excluding hydrogens is 524 g/mol. The third-order valence-electron chi connectivity index (χ3n) is 5.89. The highest BCUT2D eigenvalue weighted by Crippen LogP contribution is 2.23. The zero-order valence-corrected chi connectivity index (χ0v) is 22.3. The molecule has 0 fully saturated rings. The molecule has 0 bridgehead atoms. The number of nitrogens with zero attached hydrogens (tertiary/aromatic N) is 4. The highest BCUT2D eigenvalue weighted by atomic mass is 79.9. The first-order chi connectivity index (χ1) is 17.1. The fraction of sp³-hybridized carbons (Fsp3) is 0.259. The molecule has 0 spiro atoms. The molecule has 1 N–H and O–H groups in total. The minimum absolute atomic E-state index is 0.0000862. The molecule has 0 radical (unpaired) electrons. The zero-order valence-electron chi connectivity index (χ0n) is 20.7. The van der Waals surface area contributed by atoms with Crippen LogP contribution in [0.15, 0.2) is 62.9 Å². The van der Waals surface area contributed by atoms with E-state index in [9.17, 15) is 9.59 Å². The molecule has 0 saturated carbocycles. The van der Waals surface area contributed by atoms with E-state index in [2.05, 4.69) is 25.6 Å². The fourth-order valence-electron chi connectivity index (χ4n) is 4.02. The van der Waals surface area contributed by atoms with Crippen molar-refractivity contribution in [2.24, 2.45) is 5.10 Å². The molecule has 1 atom stereocenters. The Morgan fingerprint density at radius 3 is 2.44 bits per heavy atom. The lowest BCUT2D eigenvalue weighted by atomic mass is 10.2. The SMILES string of the molecule is Cc1cc(C=Nn2c(C(C)C)nc3ccc(Br)cc3c2=O)c(C)n1-c1ccc(O[C@H](C)C(=O)O)cc1. The first-order valence-electron chi connectivity index (χ1n) is 11.5. The summed E-state index contributed by atoms with van der Waals surface area (Å²) in [5, 5.41) is 14.1. The summed E-state index contributed by atoms with van der Waals surface area (Å²) in [6, 6.07) is 14.7. The summed E-state index contributed by atoms with van der Waals surface area (Å²) in [6.45, 7) is 9.42. The van der Waals surface area contributed by atoms with Crippen molar-refractivity contribution in [2.75, 3.05) is 0 Å². The Morgan fingerprint density at radius 2 is 1.81 bits per heavy atom. The molecule has 2 heterocycles. The number of benzene rings is 2. The average Bonchev–Trinajstić information content (AvgIpc) is 3.11. The van der Waals surface area contributed by atoms with Gasteiger partial charge >= 0.3 is 5.97 Å². The van der Waals surface area contributed by atoms with Gasteiger partial charge < -0.3 is 14.4 Å². The van der Waals surface area contributed by atoms with E-state index >= 15 is 0 Å². The molecule has 0 amide bonds. The van der Waals surface area contributed by atoms with E-state index in [1.54, 1.807) is 24.4 Å². The maximum absolute atomic E-state index is 13.3. The van der Waals surface area contributed by atoms with Crippen LogP contribution in [0.1, 0.15) is 49.5 Å². The van der Waals surface area contributed by atoms with E-state index in [4.69, 9.17) is 14.8 Å². The summed E-state index contributed by atoms with van der Waals surface area (Å²) in [5.74, 6) is 0.0500. The molecule has 0 aliphatic heterocycles. The predicted molar refractivity (Wildman–Crippen MR) is 144 cm³/mol. The van der Waals surface area contributed by atoms with Gasteiger partial charge in [-0.15, -0.1) is 0 Å². The van der Waals surface area contributed by atoms with Crippen molar-refractivity contribution in [1.29, 1.82) is 0 Å². The summed E-state index contributed by atoms with van der Waals surface area (Å²) in [5.41, 5.74) is 4.11. The summed E-state index contributed by atoms with van der Waals surface area (Å²) >= 11 is 3.43. The number of aryl methyl sites for hydroxylation is 1. The zero-order chi connectivity index (χ0) is 26.1. The van der Waals surface area contributed by atoms with Gasteiger partial charge in [0.15, 0.2) is 6.10 Å². The van der Waals surface area contributed by atoms with Crippen LogP contribution in [0.25, 0.3) is 16.6 Å². The van der Waals surface area contributed by atoms with Gasteiger partial charge in [0.05, 0.1) is 17.1 Å². The van der Waals surface area contributed by atoms with Crippen molar-refractivity contribution in [1.82, 2.24) is 14.2 Å². The van der Waals surface area contributed by atoms with E-state index in [1.165, 1.54) is 11.6 Å². The van der Waals surface area contributed by atoms with Crippen molar-refractivity contribution >= 4 is 39.0 Å². The van der Waals surface area contributed by atoms with Crippen LogP contribution in [0, 0.1) is 13.8 Å². The Kier molecular flexibility index (Phi) is 7.12. The Labute approximate surface area is 217 Å². The molecule has 0 unspecified atom stereocenters. The summed E-state index contributed by atoms with van der Waals surface area (Å²) in [7, 11) is 0. The first kappa shape index (κ1) is 25.4. The molecule has 2 aromatic carbocycles. The maximum Gasteiger partial charge on any atom is 0.344 e. The van der Waals surface area contributed by atoms with E-state index in [0.29, 0.717) is 22.5 Å². The highest BCUT2D eigenvalue weighted by molar-refractivity contribution is 9.10. The number of fused-ring (bicyclic) bond motifs is 1. The summed E-state index contributed by atoms with van der Waals surface area (Å²) < 4.78 is 9.67. The third kappa shape index (κ3) is 4.97. The van der Waals surface area contributed by atoms with E-state index in [1.807, 2.05) is 58.0 Å². The van der Waals surface area contributed by atoms with Crippen LogP contribution in [0.2, 0.25) is 0 Å². The van der Waals surface area contributed by atoms with Crippen LogP contribution >= 0.6 is 15.9 Å². The third-order valence-corrected chi connectivity index (χ3v) is 6.38. The van der Waals surface area contributed by atoms with Crippen LogP contribution in [0.3, 0.4) is 0 Å². The number of aliphatic carboxylic acids is 1. The lowest BCUT2D eigenvalue weighted by Gasteiger charge is -2.13. The van der Waals surface area contributed by atoms with Crippen LogP contribution in [0.4, 0.5) is 0 Å². The second-order valence-electron chi connectivity index (χ2n) is 8.90. The van der Waals surface area contributed by atoms with Gasteiger partial charge in [-0.05, 0) is 69.3 Å². The molecule has 4 rings (SSSR count). The number of rotatable bonds is 7. The van der Waals surface area contributed by atoms with Crippen molar-refractivity contribution in [3.63, 3.8) is 0 Å². The van der Waals surface area contributed by atoms with Gasteiger partial charge in [-0.3, -0.25) is 4.79 Å². The molecule has 8 nitrogen and oxygen atoms in total. The van der Waals surface area contributed by atoms with Crippen molar-refractivity contribution in [3.05, 3.63) is 86.1 Å². The number of carboxylic acids is 1. The molecule has 2 aromatic heterocycles. The van der Waals surface area contributed by atoms with Gasteiger partial charge in [-0.2, -0.15) is 9.78 Å². The predicted octanol–water partition coefficient (Wildman–Crippen LogP) is 5.42. The number of carbonyl (C=O) groups is 1. The van der Waals surface area contributed by atoms with Gasteiger partial charge in [0.1, 0.15) is 11.6 Å². The Morgan fingerprint density at radius 1 is 1.11 bits per heavy atom. The number of ether oxygens (including phenoxy) is 1. The van der Waals surface area contributed by atoms with Crippen molar-refractivity contribution in [3.8, 4) is 11.4 Å². The smallest absolute Gasteiger partial charge is 0.344 e. The van der Waals surface area contributed by atoms with Crippen LogP contribution in [-0.2, 0) is 4.79 Å². The average molecular weight is 551 g/mol.